The van der Waals surface area contributed by atoms with Gasteiger partial charge in [-0.2, -0.15) is 0 Å². The quantitative estimate of drug-likeness (QED) is 0.535. The Labute approximate surface area is 120 Å². The second-order valence-corrected chi connectivity index (χ2v) is 4.22. The molecule has 0 saturated heterocycles. The number of thioether (sulfide) groups is 1. The predicted octanol–water partition coefficient (Wildman–Crippen LogP) is 0.231. The van der Waals surface area contributed by atoms with E-state index in [1.54, 1.807) is 17.5 Å². The summed E-state index contributed by atoms with van der Waals surface area (Å²) in [7, 11) is 0. The van der Waals surface area contributed by atoms with Crippen molar-refractivity contribution >= 4 is 30.1 Å². The molecule has 0 aliphatic carbocycles. The van der Waals surface area contributed by atoms with Crippen LogP contribution in [0.3, 0.4) is 0 Å². The molecule has 0 bridgehead atoms. The molecule has 1 aromatic heterocycles. The summed E-state index contributed by atoms with van der Waals surface area (Å²) in [6.07, 6.45) is 0. The fraction of sp³-hybridized carbons (Fsp3) is 0.200. The third-order valence-electron chi connectivity index (χ3n) is 0.910. The molecular weight excluding hydrogens is 231 g/mol. The Bertz CT molecular complexity index is 211. The van der Waals surface area contributed by atoms with Crippen molar-refractivity contribution in [3.63, 3.8) is 0 Å². The number of halogens is 3. The number of hydrogen-bond acceptors (Lipinski definition) is 2. The van der Waals surface area contributed by atoms with Crippen LogP contribution in [-0.2, 0) is 0 Å². The first-order valence-corrected chi connectivity index (χ1v) is 4.82. The summed E-state index contributed by atoms with van der Waals surface area (Å²) in [6.45, 7) is -4.64. The number of thiophene rings is 1. The van der Waals surface area contributed by atoms with E-state index in [0.717, 1.165) is 16.0 Å². The summed E-state index contributed by atoms with van der Waals surface area (Å²) in [5, 5.41) is 1.77. The third kappa shape index (κ3) is 6.07. The van der Waals surface area contributed by atoms with Crippen LogP contribution in [0.15, 0.2) is 21.7 Å². The van der Waals surface area contributed by atoms with E-state index >= 15 is 0 Å². The summed E-state index contributed by atoms with van der Waals surface area (Å²) in [5.74, 6) is 0. The average Bonchev–Trinajstić information content (AvgIpc) is 2.32. The van der Waals surface area contributed by atoms with Crippen LogP contribution in [0.4, 0.5) is 12.9 Å². The second kappa shape index (κ2) is 6.11. The maximum absolute atomic E-state index is 11.7. The van der Waals surface area contributed by atoms with Gasteiger partial charge in [-0.25, -0.2) is 0 Å². The van der Waals surface area contributed by atoms with Gasteiger partial charge in [-0.15, -0.1) is 23.1 Å². The summed E-state index contributed by atoms with van der Waals surface area (Å²) >= 11 is 2.19. The van der Waals surface area contributed by atoms with Gasteiger partial charge in [-0.05, 0) is 17.1 Å². The van der Waals surface area contributed by atoms with Gasteiger partial charge in [0.1, 0.15) is 0 Å². The molecule has 0 unspecified atom stereocenters. The van der Waals surface area contributed by atoms with Crippen molar-refractivity contribution in [2.45, 2.75) is 4.21 Å². The average molecular weight is 236 g/mol. The van der Waals surface area contributed by atoms with Crippen LogP contribution >= 0.6 is 23.1 Å². The Morgan fingerprint density at radius 1 is 1.42 bits per heavy atom. The van der Waals surface area contributed by atoms with Crippen LogP contribution in [0.5, 0.6) is 0 Å². The first-order chi connectivity index (χ1) is 5.08. The molecule has 7 heteroatoms. The minimum absolute atomic E-state index is 0. The monoisotopic (exact) mass is 236 g/mol. The minimum atomic E-state index is -4.64. The van der Waals surface area contributed by atoms with Crippen LogP contribution in [0.2, 0.25) is 0 Å². The number of rotatable bonds is 3. The van der Waals surface area contributed by atoms with E-state index in [0.29, 0.717) is 0 Å². The Morgan fingerprint density at radius 3 is 2.50 bits per heavy atom. The van der Waals surface area contributed by atoms with E-state index in [1.807, 2.05) is 0 Å². The van der Waals surface area contributed by atoms with Crippen LogP contribution in [0.1, 0.15) is 0 Å². The molecule has 62 valence electrons. The molecule has 0 aliphatic heterocycles. The smallest absolute Gasteiger partial charge is 0.448 e. The van der Waals surface area contributed by atoms with E-state index in [4.69, 9.17) is 0 Å². The van der Waals surface area contributed by atoms with Gasteiger partial charge in [0.05, 0.1) is 4.21 Å². The SMILES string of the molecule is F[B-](F)(F)CSc1cccs1.[K+]. The van der Waals surface area contributed by atoms with Crippen molar-refractivity contribution in [1.82, 2.24) is 0 Å². The van der Waals surface area contributed by atoms with Gasteiger partial charge in [-0.1, -0.05) is 6.07 Å². The van der Waals surface area contributed by atoms with Crippen LogP contribution in [0, 0.1) is 0 Å². The molecule has 0 spiro atoms. The second-order valence-electron chi connectivity index (χ2n) is 1.95. The molecule has 0 radical (unpaired) electrons. The maximum Gasteiger partial charge on any atom is 1.00 e. The fourth-order valence-electron chi connectivity index (χ4n) is 0.522. The van der Waals surface area contributed by atoms with Crippen LogP contribution < -0.4 is 51.4 Å². The Balaban J connectivity index is 0.00000121. The van der Waals surface area contributed by atoms with Crippen molar-refractivity contribution in [2.24, 2.45) is 0 Å². The first kappa shape index (κ1) is 13.5. The summed E-state index contributed by atoms with van der Waals surface area (Å²) < 4.78 is 35.8. The topological polar surface area (TPSA) is 0 Å². The van der Waals surface area contributed by atoms with E-state index in [9.17, 15) is 12.9 Å². The molecule has 0 fully saturated rings. The van der Waals surface area contributed by atoms with E-state index in [-0.39, 0.29) is 51.4 Å². The van der Waals surface area contributed by atoms with Gasteiger partial charge < -0.3 is 12.9 Å². The molecule has 12 heavy (non-hydrogen) atoms. The van der Waals surface area contributed by atoms with Crippen LogP contribution in [0.25, 0.3) is 0 Å². The first-order valence-electron chi connectivity index (χ1n) is 2.95. The molecule has 0 amide bonds. The maximum atomic E-state index is 11.7. The molecule has 1 rings (SSSR count). The van der Waals surface area contributed by atoms with Crippen molar-refractivity contribution in [1.29, 1.82) is 0 Å². The van der Waals surface area contributed by atoms with Crippen molar-refractivity contribution in [3.05, 3.63) is 17.5 Å². The number of hydrogen-bond donors (Lipinski definition) is 0. The van der Waals surface area contributed by atoms with Crippen molar-refractivity contribution in [2.75, 3.05) is 5.65 Å². The molecule has 0 aromatic carbocycles. The molecule has 1 aromatic rings. The van der Waals surface area contributed by atoms with Gasteiger partial charge in [0.15, 0.2) is 0 Å². The van der Waals surface area contributed by atoms with Gasteiger partial charge in [0, 0.05) is 0 Å². The molecule has 0 nitrogen and oxygen atoms in total. The molecule has 0 aliphatic rings. The van der Waals surface area contributed by atoms with Gasteiger partial charge in [0.2, 0.25) is 0 Å². The predicted molar refractivity (Wildman–Crippen MR) is 44.1 cm³/mol. The zero-order chi connectivity index (χ0) is 8.32. The van der Waals surface area contributed by atoms with Gasteiger partial charge in [-0.3, -0.25) is 0 Å². The van der Waals surface area contributed by atoms with E-state index in [1.165, 1.54) is 11.3 Å². The Morgan fingerprint density at radius 2 is 2.08 bits per heavy atom. The Kier molecular flexibility index (Phi) is 6.89. The Hall–Kier alpha value is 1.54. The van der Waals surface area contributed by atoms with Gasteiger partial charge in [0.25, 0.3) is 0 Å². The molecule has 1 heterocycles. The third-order valence-corrected chi connectivity index (χ3v) is 3.18. The normalized spacial score (nSPS) is 10.9. The zero-order valence-electron chi connectivity index (χ0n) is 6.47. The summed E-state index contributed by atoms with van der Waals surface area (Å²) in [5.41, 5.74) is -0.736. The molecular formula is C5H5BF3KS2. The molecule has 0 atom stereocenters. The summed E-state index contributed by atoms with van der Waals surface area (Å²) in [4.78, 5) is 0. The van der Waals surface area contributed by atoms with Crippen molar-refractivity contribution in [3.8, 4) is 0 Å². The van der Waals surface area contributed by atoms with Gasteiger partial charge >= 0.3 is 58.4 Å². The van der Waals surface area contributed by atoms with Crippen LogP contribution in [-0.4, -0.2) is 12.6 Å². The molecule has 0 saturated carbocycles. The fourth-order valence-corrected chi connectivity index (χ4v) is 2.14. The van der Waals surface area contributed by atoms with Crippen molar-refractivity contribution < 1.29 is 64.3 Å². The molecule has 0 N–H and O–H groups in total. The largest absolute Gasteiger partial charge is 1.00 e. The van der Waals surface area contributed by atoms with E-state index < -0.39 is 12.6 Å². The van der Waals surface area contributed by atoms with E-state index in [2.05, 4.69) is 0 Å². The minimum Gasteiger partial charge on any atom is -0.448 e. The summed E-state index contributed by atoms with van der Waals surface area (Å²) in [6, 6.07) is 3.44. The standard InChI is InChI=1S/C5H5BF3S2.K/c7-6(8,9)4-11-5-2-1-3-10-5;/h1-3H,4H2;/q-1;+1. The zero-order valence-corrected chi connectivity index (χ0v) is 11.2.